The number of carbonyl (C=O) groups excluding carboxylic acids is 2. The van der Waals surface area contributed by atoms with E-state index in [9.17, 15) is 9.59 Å². The van der Waals surface area contributed by atoms with Crippen molar-refractivity contribution in [3.63, 3.8) is 0 Å². The molecule has 6 atom stereocenters. The number of nitrogens with one attached hydrogen (secondary N) is 1. The van der Waals surface area contributed by atoms with Crippen molar-refractivity contribution in [2.75, 3.05) is 7.05 Å². The summed E-state index contributed by atoms with van der Waals surface area (Å²) in [5.74, 6) is 2.23. The van der Waals surface area contributed by atoms with Crippen LogP contribution in [0.3, 0.4) is 0 Å². The molecule has 1 heterocycles. The summed E-state index contributed by atoms with van der Waals surface area (Å²) < 4.78 is 0. The number of allylic oxidation sites excluding steroid dienone is 2. The molecule has 0 bridgehead atoms. The van der Waals surface area contributed by atoms with Gasteiger partial charge in [0.2, 0.25) is 11.8 Å². The lowest BCUT2D eigenvalue weighted by molar-refractivity contribution is -0.138. The number of benzene rings is 1. The van der Waals surface area contributed by atoms with E-state index in [0.29, 0.717) is 40.8 Å². The van der Waals surface area contributed by atoms with Crippen LogP contribution < -0.4 is 5.32 Å². The maximum Gasteiger partial charge on any atom is 0.226 e. The van der Waals surface area contributed by atoms with Gasteiger partial charge in [-0.3, -0.25) is 9.59 Å². The van der Waals surface area contributed by atoms with Crippen molar-refractivity contribution in [1.82, 2.24) is 10.2 Å². The van der Waals surface area contributed by atoms with Crippen molar-refractivity contribution >= 4 is 35.0 Å². The second-order valence-corrected chi connectivity index (χ2v) is 12.5. The molecule has 2 saturated carbocycles. The number of amides is 2. The number of piperidine rings is 1. The molecule has 0 aromatic heterocycles. The molecule has 1 N–H and O–H groups in total. The highest BCUT2D eigenvalue weighted by molar-refractivity contribution is 6.42. The lowest BCUT2D eigenvalue weighted by Gasteiger charge is -2.59. The zero-order chi connectivity index (χ0) is 24.4. The Balaban J connectivity index is 1.35. The molecule has 4 aliphatic rings. The largest absolute Gasteiger partial charge is 0.352 e. The van der Waals surface area contributed by atoms with Gasteiger partial charge in [0, 0.05) is 37.0 Å². The van der Waals surface area contributed by atoms with Crippen LogP contribution in [0, 0.1) is 34.5 Å². The Morgan fingerprint density at radius 1 is 1.12 bits per heavy atom. The summed E-state index contributed by atoms with van der Waals surface area (Å²) in [5.41, 5.74) is 3.76. The third kappa shape index (κ3) is 3.63. The lowest BCUT2D eigenvalue weighted by atomic mass is 9.48. The Morgan fingerprint density at radius 3 is 2.62 bits per heavy atom. The van der Waals surface area contributed by atoms with Crippen LogP contribution in [0.4, 0.5) is 0 Å². The van der Waals surface area contributed by atoms with E-state index in [4.69, 9.17) is 23.2 Å². The fourth-order valence-corrected chi connectivity index (χ4v) is 8.82. The molecular formula is C28H36Cl2N2O2. The van der Waals surface area contributed by atoms with Crippen LogP contribution in [0.1, 0.15) is 71.3 Å². The first-order chi connectivity index (χ1) is 16.1. The summed E-state index contributed by atoms with van der Waals surface area (Å²) in [7, 11) is 1.97. The van der Waals surface area contributed by atoms with E-state index in [1.54, 1.807) is 6.07 Å². The van der Waals surface area contributed by atoms with Crippen LogP contribution in [0.15, 0.2) is 29.5 Å². The number of rotatable bonds is 3. The molecule has 1 saturated heterocycles. The standard InChI is InChI=1S/C28H36Cl2N2O2/c1-16-13-18-19-6-7-21(26(34)31-15-17-5-8-22(29)23(30)14-17)27(19,2)11-9-20(18)28(3)12-10-24(33)32(4)25(16)28/h5,8,14,18-21H,6-7,9-13,15H2,1-4H3,(H,31,34)/t18-,19-,20+,21?,27-,28+/m0/s1. The third-order valence-electron chi connectivity index (χ3n) is 10.1. The minimum Gasteiger partial charge on any atom is -0.352 e. The zero-order valence-electron chi connectivity index (χ0n) is 20.7. The molecule has 6 heteroatoms. The number of likely N-dealkylation sites (tertiary alicyclic amines) is 1. The van der Waals surface area contributed by atoms with Crippen molar-refractivity contribution in [2.45, 2.75) is 72.3 Å². The number of hydrogen-bond acceptors (Lipinski definition) is 2. The minimum atomic E-state index is 0.0351. The topological polar surface area (TPSA) is 49.4 Å². The van der Waals surface area contributed by atoms with Gasteiger partial charge in [-0.25, -0.2) is 0 Å². The van der Waals surface area contributed by atoms with Crippen molar-refractivity contribution in [3.05, 3.63) is 45.1 Å². The fraction of sp³-hybridized carbons (Fsp3) is 0.643. The summed E-state index contributed by atoms with van der Waals surface area (Å²) in [6.07, 6.45) is 6.98. The first-order valence-electron chi connectivity index (χ1n) is 12.7. The molecule has 34 heavy (non-hydrogen) atoms. The molecule has 4 nitrogen and oxygen atoms in total. The molecule has 3 fully saturated rings. The zero-order valence-corrected chi connectivity index (χ0v) is 22.2. The molecule has 2 amide bonds. The summed E-state index contributed by atoms with van der Waals surface area (Å²) in [5, 5.41) is 4.24. The molecule has 184 valence electrons. The van der Waals surface area contributed by atoms with Gasteiger partial charge in [-0.15, -0.1) is 0 Å². The molecule has 0 spiro atoms. The third-order valence-corrected chi connectivity index (χ3v) is 10.8. The summed E-state index contributed by atoms with van der Waals surface area (Å²) in [6.45, 7) is 7.49. The highest BCUT2D eigenvalue weighted by atomic mass is 35.5. The second-order valence-electron chi connectivity index (χ2n) is 11.7. The Labute approximate surface area is 213 Å². The van der Waals surface area contributed by atoms with E-state index >= 15 is 0 Å². The Bertz CT molecular complexity index is 1070. The lowest BCUT2D eigenvalue weighted by Crippen LogP contribution is -2.55. The number of carbonyl (C=O) groups is 2. The van der Waals surface area contributed by atoms with E-state index in [2.05, 4.69) is 26.1 Å². The minimum absolute atomic E-state index is 0.0351. The van der Waals surface area contributed by atoms with Crippen LogP contribution in [0.2, 0.25) is 10.0 Å². The normalized spacial score (nSPS) is 37.2. The van der Waals surface area contributed by atoms with Crippen molar-refractivity contribution < 1.29 is 9.59 Å². The van der Waals surface area contributed by atoms with Crippen molar-refractivity contribution in [1.29, 1.82) is 0 Å². The SMILES string of the molecule is CC1=C2N(C)C(=O)CC[C@]2(C)[C@@H]2CC[C@]3(C)C(C(=O)NCc4ccc(Cl)c(Cl)c4)CC[C@H]3[C@@H]2C1. The Morgan fingerprint density at radius 2 is 1.88 bits per heavy atom. The molecule has 5 rings (SSSR count). The molecule has 1 aliphatic heterocycles. The highest BCUT2D eigenvalue weighted by Crippen LogP contribution is 2.66. The van der Waals surface area contributed by atoms with E-state index < -0.39 is 0 Å². The second kappa shape index (κ2) is 8.55. The van der Waals surface area contributed by atoms with Gasteiger partial charge in [-0.05, 0) is 86.3 Å². The fourth-order valence-electron chi connectivity index (χ4n) is 8.50. The average Bonchev–Trinajstić information content (AvgIpc) is 3.15. The van der Waals surface area contributed by atoms with E-state index in [1.807, 2.05) is 24.1 Å². The van der Waals surface area contributed by atoms with E-state index in [-0.39, 0.29) is 28.6 Å². The number of halogens is 2. The van der Waals surface area contributed by atoms with Crippen molar-refractivity contribution in [3.8, 4) is 0 Å². The number of hydrogen-bond donors (Lipinski definition) is 1. The van der Waals surface area contributed by atoms with Gasteiger partial charge in [0.1, 0.15) is 0 Å². The van der Waals surface area contributed by atoms with E-state index in [0.717, 1.165) is 44.1 Å². The molecular weight excluding hydrogens is 467 g/mol. The van der Waals surface area contributed by atoms with Gasteiger partial charge in [0.05, 0.1) is 10.0 Å². The predicted octanol–water partition coefficient (Wildman–Crippen LogP) is 6.60. The smallest absolute Gasteiger partial charge is 0.226 e. The summed E-state index contributed by atoms with van der Waals surface area (Å²) in [6, 6.07) is 5.53. The van der Waals surface area contributed by atoms with Gasteiger partial charge in [-0.2, -0.15) is 0 Å². The molecule has 0 radical (unpaired) electrons. The monoisotopic (exact) mass is 502 g/mol. The van der Waals surface area contributed by atoms with Gasteiger partial charge in [0.25, 0.3) is 0 Å². The van der Waals surface area contributed by atoms with Crippen LogP contribution >= 0.6 is 23.2 Å². The van der Waals surface area contributed by atoms with Gasteiger partial charge in [-0.1, -0.05) is 48.7 Å². The Kier molecular flexibility index (Phi) is 6.08. The number of nitrogens with zero attached hydrogens (tertiary/aromatic N) is 1. The van der Waals surface area contributed by atoms with Crippen LogP contribution in [0.25, 0.3) is 0 Å². The first kappa shape index (κ1) is 24.2. The molecule has 1 aromatic rings. The maximum absolute atomic E-state index is 13.4. The van der Waals surface area contributed by atoms with Gasteiger partial charge in [0.15, 0.2) is 0 Å². The quantitative estimate of drug-likeness (QED) is 0.505. The maximum atomic E-state index is 13.4. The van der Waals surface area contributed by atoms with E-state index in [1.165, 1.54) is 11.3 Å². The van der Waals surface area contributed by atoms with Gasteiger partial charge < -0.3 is 10.2 Å². The van der Waals surface area contributed by atoms with Crippen LogP contribution in [-0.4, -0.2) is 23.8 Å². The van der Waals surface area contributed by atoms with Gasteiger partial charge >= 0.3 is 0 Å². The molecule has 1 aromatic carbocycles. The summed E-state index contributed by atoms with van der Waals surface area (Å²) >= 11 is 12.2. The first-order valence-corrected chi connectivity index (χ1v) is 13.5. The highest BCUT2D eigenvalue weighted by Gasteiger charge is 2.61. The summed E-state index contributed by atoms with van der Waals surface area (Å²) in [4.78, 5) is 27.8. The Hall–Kier alpha value is -1.52. The molecule has 3 aliphatic carbocycles. The molecule has 1 unspecified atom stereocenters. The number of fused-ring (bicyclic) bond motifs is 5. The average molecular weight is 504 g/mol. The van der Waals surface area contributed by atoms with Crippen LogP contribution in [0.5, 0.6) is 0 Å². The van der Waals surface area contributed by atoms with Crippen LogP contribution in [-0.2, 0) is 16.1 Å². The van der Waals surface area contributed by atoms with Crippen molar-refractivity contribution in [2.24, 2.45) is 34.5 Å². The predicted molar refractivity (Wildman–Crippen MR) is 136 cm³/mol.